The molecule has 2 aliphatic rings. The molecule has 2 fully saturated rings. The standard InChI is InChI=1S/C38H43N7O4/c1-25(2)34(44-36(48)49-4)35(47)40-22-38(17-18-38)14-13-32-39-20-31(43-32)28-10-7-26(8-11-28)5-6-27-9-12-29-30(19-27)42-33(41-29)21-45(24-46)23-37(3)15-16-37/h7-12,19-21,25,34H,13-18,22-23H2,1-4H3,(H,39,43)(H,40,47)(H,41,42)(H,44,48). The van der Waals surface area contributed by atoms with E-state index < -0.39 is 12.1 Å². The van der Waals surface area contributed by atoms with E-state index in [2.05, 4.69) is 54.1 Å². The van der Waals surface area contributed by atoms with Gasteiger partial charge < -0.3 is 34.7 Å². The maximum atomic E-state index is 12.8. The number of aromatic amines is 2. The Morgan fingerprint density at radius 1 is 1.08 bits per heavy atom. The Labute approximate surface area is 286 Å². The molecule has 6 rings (SSSR count). The molecule has 11 heteroatoms. The van der Waals surface area contributed by atoms with Gasteiger partial charge in [-0.1, -0.05) is 44.7 Å². The van der Waals surface area contributed by atoms with Crippen molar-refractivity contribution in [2.24, 2.45) is 16.7 Å². The molecule has 49 heavy (non-hydrogen) atoms. The second kappa shape index (κ2) is 14.1. The van der Waals surface area contributed by atoms with Gasteiger partial charge in [0.1, 0.15) is 24.2 Å². The van der Waals surface area contributed by atoms with Crippen LogP contribution in [-0.4, -0.2) is 75.4 Å². The predicted octanol–water partition coefficient (Wildman–Crippen LogP) is 4.86. The Balaban J connectivity index is 1.02. The molecule has 0 spiro atoms. The summed E-state index contributed by atoms with van der Waals surface area (Å²) in [6.07, 6.45) is 11.0. The average Bonchev–Trinajstić information content (AvgIpc) is 3.93. The number of amides is 3. The fourth-order valence-electron chi connectivity index (χ4n) is 5.90. The van der Waals surface area contributed by atoms with E-state index in [9.17, 15) is 14.4 Å². The third kappa shape index (κ3) is 8.62. The number of nitrogens with zero attached hydrogens (tertiary/aromatic N) is 3. The first-order chi connectivity index (χ1) is 23.6. The number of carbonyl (C=O) groups is 2. The molecule has 1 unspecified atom stereocenters. The summed E-state index contributed by atoms with van der Waals surface area (Å²) in [5.74, 6) is 7.76. The fourth-order valence-corrected chi connectivity index (χ4v) is 5.90. The van der Waals surface area contributed by atoms with Gasteiger partial charge >= 0.3 is 6.09 Å². The van der Waals surface area contributed by atoms with Crippen LogP contribution in [0.25, 0.3) is 22.3 Å². The van der Waals surface area contributed by atoms with Gasteiger partial charge in [0.2, 0.25) is 5.91 Å². The number of fused-ring (bicyclic) bond motifs is 1. The van der Waals surface area contributed by atoms with Crippen molar-refractivity contribution in [1.29, 1.82) is 0 Å². The van der Waals surface area contributed by atoms with Crippen LogP contribution in [0.15, 0.2) is 48.7 Å². The lowest BCUT2D eigenvalue weighted by molar-refractivity contribution is -0.413. The lowest BCUT2D eigenvalue weighted by Crippen LogP contribution is -2.50. The van der Waals surface area contributed by atoms with Gasteiger partial charge in [-0.15, -0.1) is 0 Å². The molecule has 4 N–H and O–H groups in total. The number of aromatic nitrogens is 4. The summed E-state index contributed by atoms with van der Waals surface area (Å²) in [4.78, 5) is 51.8. The highest BCUT2D eigenvalue weighted by molar-refractivity contribution is 5.86. The molecular weight excluding hydrogens is 618 g/mol. The quantitative estimate of drug-likeness (QED) is 0.0530. The van der Waals surface area contributed by atoms with Crippen molar-refractivity contribution in [3.63, 3.8) is 0 Å². The summed E-state index contributed by atoms with van der Waals surface area (Å²) in [5.41, 5.74) is 5.64. The normalized spacial score (nSPS) is 16.4. The van der Waals surface area contributed by atoms with Gasteiger partial charge in [-0.25, -0.2) is 14.8 Å². The zero-order valence-electron chi connectivity index (χ0n) is 28.5. The monoisotopic (exact) mass is 661 g/mol. The van der Waals surface area contributed by atoms with Gasteiger partial charge in [0, 0.05) is 29.5 Å². The van der Waals surface area contributed by atoms with Crippen LogP contribution in [0.2, 0.25) is 0 Å². The van der Waals surface area contributed by atoms with Crippen LogP contribution in [0, 0.1) is 28.6 Å². The first-order valence-corrected chi connectivity index (χ1v) is 16.8. The minimum absolute atomic E-state index is 0.0584. The third-order valence-corrected chi connectivity index (χ3v) is 9.62. The summed E-state index contributed by atoms with van der Waals surface area (Å²) in [6.45, 7) is 7.17. The van der Waals surface area contributed by atoms with Crippen molar-refractivity contribution < 1.29 is 23.7 Å². The Hall–Kier alpha value is -5.24. The number of ether oxygens (including phenoxy) is 1. The second-order valence-electron chi connectivity index (χ2n) is 14.2. The van der Waals surface area contributed by atoms with E-state index in [1.54, 1.807) is 10.8 Å². The average molecular weight is 662 g/mol. The first-order valence-electron chi connectivity index (χ1n) is 16.8. The zero-order valence-corrected chi connectivity index (χ0v) is 28.5. The van der Waals surface area contributed by atoms with Gasteiger partial charge in [-0.3, -0.25) is 4.79 Å². The highest BCUT2D eigenvalue weighted by Gasteiger charge is 2.43. The molecule has 254 valence electrons. The van der Waals surface area contributed by atoms with Crippen LogP contribution < -0.4 is 10.6 Å². The highest BCUT2D eigenvalue weighted by Crippen LogP contribution is 2.49. The largest absolute Gasteiger partial charge is 0.453 e. The Bertz CT molecular complexity index is 1940. The number of aryl methyl sites for hydroxylation is 1. The molecule has 2 aromatic carbocycles. The highest BCUT2D eigenvalue weighted by atomic mass is 16.5. The number of benzene rings is 2. The van der Waals surface area contributed by atoms with Crippen molar-refractivity contribution in [2.75, 3.05) is 20.2 Å². The Kier molecular flexibility index (Phi) is 9.67. The summed E-state index contributed by atoms with van der Waals surface area (Å²) in [5, 5.41) is 5.67. The van der Waals surface area contributed by atoms with Crippen LogP contribution in [0.5, 0.6) is 0 Å². The fraction of sp³-hybridized carbons (Fsp3) is 0.421. The van der Waals surface area contributed by atoms with E-state index in [4.69, 9.17) is 0 Å². The van der Waals surface area contributed by atoms with Gasteiger partial charge in [0.15, 0.2) is 0 Å². The maximum absolute atomic E-state index is 12.8. The van der Waals surface area contributed by atoms with Gasteiger partial charge in [0.05, 0.1) is 36.2 Å². The third-order valence-electron chi connectivity index (χ3n) is 9.62. The molecule has 0 aliphatic heterocycles. The van der Waals surface area contributed by atoms with Crippen LogP contribution >= 0.6 is 0 Å². The van der Waals surface area contributed by atoms with Crippen molar-refractivity contribution in [1.82, 2.24) is 30.6 Å². The van der Waals surface area contributed by atoms with Crippen LogP contribution in [0.4, 0.5) is 4.79 Å². The molecule has 4 aromatic rings. The van der Waals surface area contributed by atoms with Crippen molar-refractivity contribution in [2.45, 2.75) is 65.3 Å². The van der Waals surface area contributed by atoms with Crippen LogP contribution in [0.1, 0.15) is 75.7 Å². The summed E-state index contributed by atoms with van der Waals surface area (Å²) < 4.78 is 6.22. The number of hydrogen-bond donors (Lipinski definition) is 4. The SMILES string of the molecule is COC(=O)NC(C(=O)NCC1(CCc2ncc(-c3ccc(C#Cc4ccc5nc(C=[N+]([C-]=O)CC6(C)CC6)[nH]c5c4)cc3)[nH]2)CC1)C(C)C. The number of rotatable bonds is 13. The topological polar surface area (TPSA) is 145 Å². The number of imidazole rings is 2. The van der Waals surface area contributed by atoms with Gasteiger partial charge in [0.25, 0.3) is 6.41 Å². The molecule has 2 aromatic heterocycles. The molecule has 2 heterocycles. The molecule has 0 bridgehead atoms. The lowest BCUT2D eigenvalue weighted by atomic mass is 9.98. The number of alkyl carbamates (subject to hydrolysis) is 1. The summed E-state index contributed by atoms with van der Waals surface area (Å²) in [7, 11) is 1.29. The number of nitrogens with one attached hydrogen (secondary N) is 4. The van der Waals surface area contributed by atoms with E-state index in [1.807, 2.05) is 68.9 Å². The zero-order chi connectivity index (χ0) is 34.6. The van der Waals surface area contributed by atoms with Crippen molar-refractivity contribution >= 4 is 35.7 Å². The van der Waals surface area contributed by atoms with Crippen molar-refractivity contribution in [3.8, 4) is 23.1 Å². The number of hydrogen-bond acceptors (Lipinski definition) is 6. The molecule has 0 saturated heterocycles. The van der Waals surface area contributed by atoms with E-state index in [0.29, 0.717) is 18.9 Å². The van der Waals surface area contributed by atoms with E-state index >= 15 is 0 Å². The molecule has 2 aliphatic carbocycles. The Morgan fingerprint density at radius 2 is 1.82 bits per heavy atom. The molecule has 0 radical (unpaired) electrons. The first kappa shape index (κ1) is 33.7. The van der Waals surface area contributed by atoms with Crippen LogP contribution in [0.3, 0.4) is 0 Å². The summed E-state index contributed by atoms with van der Waals surface area (Å²) in [6, 6.07) is 13.3. The summed E-state index contributed by atoms with van der Waals surface area (Å²) >= 11 is 0. The lowest BCUT2D eigenvalue weighted by Gasteiger charge is -2.23. The van der Waals surface area contributed by atoms with Gasteiger partial charge in [-0.05, 0) is 79.3 Å². The van der Waals surface area contributed by atoms with E-state index in [0.717, 1.165) is 77.8 Å². The van der Waals surface area contributed by atoms with E-state index in [1.165, 1.54) is 7.11 Å². The number of methoxy groups -OCH3 is 1. The smallest absolute Gasteiger partial charge is 0.407 e. The molecule has 1 atom stereocenters. The predicted molar refractivity (Wildman–Crippen MR) is 187 cm³/mol. The van der Waals surface area contributed by atoms with Crippen molar-refractivity contribution in [3.05, 3.63) is 71.4 Å². The van der Waals surface area contributed by atoms with Crippen LogP contribution in [-0.2, 0) is 20.7 Å². The minimum Gasteiger partial charge on any atom is -0.453 e. The van der Waals surface area contributed by atoms with E-state index in [-0.39, 0.29) is 22.7 Å². The minimum atomic E-state index is -0.640. The second-order valence-corrected chi connectivity index (χ2v) is 14.2. The number of carbonyl (C=O) groups excluding carboxylic acids is 3. The Morgan fingerprint density at radius 3 is 2.49 bits per heavy atom. The molecule has 3 amide bonds. The molecule has 11 nitrogen and oxygen atoms in total. The maximum Gasteiger partial charge on any atom is 0.407 e. The molecule has 2 saturated carbocycles. The molecular formula is C38H43N7O4. The number of H-pyrrole nitrogens is 2. The van der Waals surface area contributed by atoms with Gasteiger partial charge in [-0.2, -0.15) is 0 Å².